The zero-order chi connectivity index (χ0) is 40.0. The Balaban J connectivity index is 2.27. The minimum Gasteiger partial charge on any atom is -0.379 e. The van der Waals surface area contributed by atoms with Gasteiger partial charge in [0.1, 0.15) is 12.3 Å². The van der Waals surface area contributed by atoms with E-state index in [2.05, 4.69) is 16.0 Å². The molecule has 0 saturated carbocycles. The standard InChI is InChI=1S/C38H66N5O9P/c1-12-25(6)34(42(9)38(47)33(24(4)5)41-37(46)32(39-8)23(2)3)29(50-10)22-31(44)43-20-16-19-28(43)35(51-11)26(7)36(45)40-30(52-53(48)49)21-27-17-14-13-15-18-27/h13-15,17-18,23-26,28-30,32-35,39,53H,12,16,19-22H2,1-11H3,(H,40,45)(H,41,46)(H,48,49)/t25?,26-,28-,29+,30?,32-,33-,34-,35+/m0/s1. The van der Waals surface area contributed by atoms with Crippen molar-refractivity contribution in [1.82, 2.24) is 25.8 Å². The van der Waals surface area contributed by atoms with Crippen LogP contribution in [-0.2, 0) is 44.2 Å². The van der Waals surface area contributed by atoms with Gasteiger partial charge in [0.15, 0.2) is 0 Å². The Morgan fingerprint density at radius 1 is 0.962 bits per heavy atom. The third-order valence-electron chi connectivity index (χ3n) is 10.6. The van der Waals surface area contributed by atoms with E-state index in [0.717, 1.165) is 12.0 Å². The summed E-state index contributed by atoms with van der Waals surface area (Å²) in [5.41, 5.74) is 0.818. The average Bonchev–Trinajstić information content (AvgIpc) is 3.59. The van der Waals surface area contributed by atoms with Crippen molar-refractivity contribution in [2.45, 2.75) is 123 Å². The molecule has 4 amide bonds. The number of methoxy groups -OCH3 is 2. The monoisotopic (exact) mass is 767 g/mol. The van der Waals surface area contributed by atoms with Crippen LogP contribution in [0.2, 0.25) is 0 Å². The molecule has 14 nitrogen and oxygen atoms in total. The van der Waals surface area contributed by atoms with E-state index >= 15 is 0 Å². The summed E-state index contributed by atoms with van der Waals surface area (Å²) in [5, 5.41) is 8.76. The van der Waals surface area contributed by atoms with Gasteiger partial charge in [-0.1, -0.05) is 85.2 Å². The third kappa shape index (κ3) is 13.1. The Kier molecular flexibility index (Phi) is 19.6. The van der Waals surface area contributed by atoms with Gasteiger partial charge in [-0.25, -0.2) is 0 Å². The van der Waals surface area contributed by atoms with Crippen molar-refractivity contribution in [3.05, 3.63) is 35.9 Å². The van der Waals surface area contributed by atoms with Gasteiger partial charge in [0, 0.05) is 34.2 Å². The number of nitrogens with one attached hydrogen (secondary N) is 3. The summed E-state index contributed by atoms with van der Waals surface area (Å²) >= 11 is 0. The predicted molar refractivity (Wildman–Crippen MR) is 205 cm³/mol. The first-order chi connectivity index (χ1) is 25.0. The van der Waals surface area contributed by atoms with Gasteiger partial charge in [-0.2, -0.15) is 0 Å². The number of benzene rings is 1. The van der Waals surface area contributed by atoms with Gasteiger partial charge in [-0.05, 0) is 43.2 Å². The van der Waals surface area contributed by atoms with Gasteiger partial charge < -0.3 is 40.1 Å². The number of ether oxygens (including phenoxy) is 2. The van der Waals surface area contributed by atoms with Crippen LogP contribution in [0.15, 0.2) is 30.3 Å². The molecule has 1 heterocycles. The van der Waals surface area contributed by atoms with Crippen LogP contribution >= 0.6 is 8.25 Å². The maximum absolute atomic E-state index is 14.2. The predicted octanol–water partition coefficient (Wildman–Crippen LogP) is 3.38. The van der Waals surface area contributed by atoms with E-state index in [-0.39, 0.29) is 48.3 Å². The molecule has 4 N–H and O–H groups in total. The molecular weight excluding hydrogens is 701 g/mol. The molecule has 0 aromatic heterocycles. The van der Waals surface area contributed by atoms with Crippen LogP contribution in [0.4, 0.5) is 0 Å². The first kappa shape index (κ1) is 46.3. The van der Waals surface area contributed by atoms with Crippen molar-refractivity contribution in [2.75, 3.05) is 34.9 Å². The molecule has 53 heavy (non-hydrogen) atoms. The van der Waals surface area contributed by atoms with Crippen molar-refractivity contribution < 1.29 is 42.6 Å². The summed E-state index contributed by atoms with van der Waals surface area (Å²) in [6, 6.07) is 7.04. The molecule has 1 saturated heterocycles. The third-order valence-corrected chi connectivity index (χ3v) is 11.0. The molecule has 15 heteroatoms. The Morgan fingerprint density at radius 2 is 1.58 bits per heavy atom. The molecule has 1 aliphatic rings. The number of nitrogens with zero attached hydrogens (tertiary/aromatic N) is 2. The van der Waals surface area contributed by atoms with Crippen LogP contribution in [-0.4, -0.2) is 116 Å². The highest BCUT2D eigenvalue weighted by atomic mass is 31.1. The van der Waals surface area contributed by atoms with E-state index in [4.69, 9.17) is 14.0 Å². The molecule has 0 spiro atoms. The Bertz CT molecular complexity index is 1340. The number of rotatable bonds is 22. The maximum atomic E-state index is 14.2. The van der Waals surface area contributed by atoms with Crippen LogP contribution in [0.1, 0.15) is 79.7 Å². The van der Waals surface area contributed by atoms with Gasteiger partial charge >= 0.3 is 8.25 Å². The van der Waals surface area contributed by atoms with Crippen LogP contribution in [0.5, 0.6) is 0 Å². The largest absolute Gasteiger partial charge is 0.379 e. The number of likely N-dealkylation sites (tertiary alicyclic amines) is 1. The van der Waals surface area contributed by atoms with Crippen LogP contribution in [0, 0.1) is 23.7 Å². The number of carbonyl (C=O) groups excluding carboxylic acids is 4. The Morgan fingerprint density at radius 3 is 2.09 bits per heavy atom. The quantitative estimate of drug-likeness (QED) is 0.101. The van der Waals surface area contributed by atoms with Gasteiger partial charge in [-0.3, -0.25) is 28.3 Å². The molecule has 0 bridgehead atoms. The summed E-state index contributed by atoms with van der Waals surface area (Å²) in [4.78, 5) is 67.9. The van der Waals surface area contributed by atoms with Crippen molar-refractivity contribution in [1.29, 1.82) is 0 Å². The second-order valence-electron chi connectivity index (χ2n) is 14.9. The number of hydrogen-bond donors (Lipinski definition) is 4. The number of carbonyl (C=O) groups is 4. The SMILES string of the molecule is CCC(C)[C@@H]([C@@H](CC(=O)N1CCC[C@H]1[C@H](OC)[C@H](C)C(=O)NC(Cc1ccccc1)O[PH](=O)O)OC)N(C)C(=O)[C@@H](NC(=O)[C@@H](NC)C(C)C)C(C)C. The van der Waals surface area contributed by atoms with E-state index in [0.29, 0.717) is 19.4 Å². The summed E-state index contributed by atoms with van der Waals surface area (Å²) in [6.07, 6.45) is -0.155. The van der Waals surface area contributed by atoms with Gasteiger partial charge in [0.25, 0.3) is 0 Å². The molecule has 10 atom stereocenters. The number of amides is 4. The summed E-state index contributed by atoms with van der Waals surface area (Å²) in [7, 11) is 3.11. The normalized spacial score (nSPS) is 19.8. The van der Waals surface area contributed by atoms with Crippen molar-refractivity contribution in [3.63, 3.8) is 0 Å². The first-order valence-electron chi connectivity index (χ1n) is 18.9. The Labute approximate surface area is 317 Å². The minimum absolute atomic E-state index is 0.0116. The van der Waals surface area contributed by atoms with Crippen LogP contribution < -0.4 is 16.0 Å². The van der Waals surface area contributed by atoms with Crippen molar-refractivity contribution in [3.8, 4) is 0 Å². The van der Waals surface area contributed by atoms with E-state index < -0.39 is 62.7 Å². The highest BCUT2D eigenvalue weighted by molar-refractivity contribution is 7.32. The lowest BCUT2D eigenvalue weighted by Gasteiger charge is -2.41. The van der Waals surface area contributed by atoms with Crippen molar-refractivity contribution in [2.24, 2.45) is 23.7 Å². The van der Waals surface area contributed by atoms with E-state index in [1.807, 2.05) is 71.9 Å². The lowest BCUT2D eigenvalue weighted by Crippen LogP contribution is -2.59. The molecular formula is C38H66N5O9P. The first-order valence-corrected chi connectivity index (χ1v) is 20.1. The summed E-state index contributed by atoms with van der Waals surface area (Å²) in [6.45, 7) is 13.9. The highest BCUT2D eigenvalue weighted by Gasteiger charge is 2.43. The second-order valence-corrected chi connectivity index (χ2v) is 15.7. The van der Waals surface area contributed by atoms with Crippen molar-refractivity contribution >= 4 is 31.9 Å². The smallest absolute Gasteiger partial charge is 0.318 e. The maximum Gasteiger partial charge on any atom is 0.318 e. The minimum atomic E-state index is -3.35. The fourth-order valence-corrected chi connectivity index (χ4v) is 7.80. The molecule has 0 radical (unpaired) electrons. The molecule has 1 aromatic carbocycles. The molecule has 2 rings (SSSR count). The number of likely N-dealkylation sites (N-methyl/N-ethyl adjacent to an activating group) is 2. The Hall–Kier alpha value is -2.87. The molecule has 0 aliphatic carbocycles. The molecule has 1 aromatic rings. The topological polar surface area (TPSA) is 176 Å². The lowest BCUT2D eigenvalue weighted by atomic mass is 9.89. The molecule has 1 fully saturated rings. The highest BCUT2D eigenvalue weighted by Crippen LogP contribution is 2.30. The van der Waals surface area contributed by atoms with Gasteiger partial charge in [0.2, 0.25) is 23.6 Å². The summed E-state index contributed by atoms with van der Waals surface area (Å²) < 4.78 is 28.7. The zero-order valence-corrected chi connectivity index (χ0v) is 34.6. The lowest BCUT2D eigenvalue weighted by molar-refractivity contribution is -0.148. The van der Waals surface area contributed by atoms with Gasteiger partial charge in [-0.15, -0.1) is 0 Å². The summed E-state index contributed by atoms with van der Waals surface area (Å²) in [5.74, 6) is -2.09. The van der Waals surface area contributed by atoms with Crippen LogP contribution in [0.3, 0.4) is 0 Å². The number of hydrogen-bond acceptors (Lipinski definition) is 9. The zero-order valence-electron chi connectivity index (χ0n) is 33.6. The van der Waals surface area contributed by atoms with Crippen LogP contribution in [0.25, 0.3) is 0 Å². The van der Waals surface area contributed by atoms with Gasteiger partial charge in [0.05, 0.1) is 42.7 Å². The average molecular weight is 768 g/mol. The van der Waals surface area contributed by atoms with E-state index in [1.165, 1.54) is 14.2 Å². The molecule has 3 unspecified atom stereocenters. The second kappa shape index (κ2) is 22.5. The molecule has 1 aliphatic heterocycles. The van der Waals surface area contributed by atoms with E-state index in [9.17, 15) is 28.6 Å². The fraction of sp³-hybridized carbons (Fsp3) is 0.737. The molecule has 302 valence electrons. The van der Waals surface area contributed by atoms with E-state index in [1.54, 1.807) is 30.8 Å². The fourth-order valence-electron chi connectivity index (χ4n) is 7.41.